The third-order valence-corrected chi connectivity index (χ3v) is 6.54. The number of aromatic nitrogens is 1. The summed E-state index contributed by atoms with van der Waals surface area (Å²) in [7, 11) is 0. The maximum atomic E-state index is 13.2. The molecule has 3 heterocycles. The van der Waals surface area contributed by atoms with Gasteiger partial charge in [-0.3, -0.25) is 19.9 Å². The third-order valence-electron chi connectivity index (χ3n) is 6.19. The zero-order valence-electron chi connectivity index (χ0n) is 19.9. The third kappa shape index (κ3) is 5.23. The Kier molecular flexibility index (Phi) is 7.09. The second-order valence-corrected chi connectivity index (χ2v) is 8.99. The van der Waals surface area contributed by atoms with Crippen molar-refractivity contribution in [3.8, 4) is 11.3 Å². The van der Waals surface area contributed by atoms with E-state index in [2.05, 4.69) is 15.6 Å². The van der Waals surface area contributed by atoms with Gasteiger partial charge in [-0.1, -0.05) is 18.2 Å². The number of para-hydroxylation sites is 1. The predicted molar refractivity (Wildman–Crippen MR) is 143 cm³/mol. The molecule has 5 rings (SSSR count). The van der Waals surface area contributed by atoms with Gasteiger partial charge in [0, 0.05) is 30.9 Å². The molecule has 0 unspecified atom stereocenters. The molecule has 2 N–H and O–H groups in total. The molecule has 0 aliphatic carbocycles. The number of halogens is 1. The van der Waals surface area contributed by atoms with Crippen molar-refractivity contribution >= 4 is 34.6 Å². The predicted octanol–water partition coefficient (Wildman–Crippen LogP) is 5.39. The lowest BCUT2D eigenvalue weighted by atomic mass is 10.0. The Balaban J connectivity index is 1.42. The number of amides is 1. The number of pyridine rings is 1. The summed E-state index contributed by atoms with van der Waals surface area (Å²) >= 11 is 5.63. The topological polar surface area (TPSA) is 114 Å². The molecule has 38 heavy (non-hydrogen) atoms. The van der Waals surface area contributed by atoms with E-state index in [0.717, 1.165) is 5.69 Å². The molecule has 1 aliphatic rings. The second-order valence-electron chi connectivity index (χ2n) is 8.60. The molecule has 192 valence electrons. The summed E-state index contributed by atoms with van der Waals surface area (Å²) < 4.78 is 19.4. The van der Waals surface area contributed by atoms with E-state index in [1.807, 2.05) is 23.1 Å². The first kappa shape index (κ1) is 25.0. The second kappa shape index (κ2) is 10.8. The molecule has 0 saturated carbocycles. The normalized spacial score (nSPS) is 16.8. The minimum absolute atomic E-state index is 0.0657. The molecule has 0 radical (unpaired) electrons. The first-order chi connectivity index (χ1) is 18.4. The average Bonchev–Trinajstić information content (AvgIpc) is 3.53. The average molecular weight is 532 g/mol. The number of rotatable bonds is 8. The summed E-state index contributed by atoms with van der Waals surface area (Å²) in [5.41, 5.74) is 1.50. The molecule has 2 aromatic carbocycles. The zero-order chi connectivity index (χ0) is 26.6. The number of nitro benzene ring substituents is 1. The molecular formula is C27H22FN5O4S. The van der Waals surface area contributed by atoms with Crippen LogP contribution in [0.25, 0.3) is 11.3 Å². The lowest BCUT2D eigenvalue weighted by Crippen LogP contribution is -2.32. The van der Waals surface area contributed by atoms with Gasteiger partial charge in [-0.25, -0.2) is 4.39 Å². The number of benzene rings is 2. The van der Waals surface area contributed by atoms with E-state index >= 15 is 0 Å². The van der Waals surface area contributed by atoms with Crippen molar-refractivity contribution < 1.29 is 18.5 Å². The van der Waals surface area contributed by atoms with Crippen LogP contribution in [-0.4, -0.2) is 32.4 Å². The maximum absolute atomic E-state index is 13.2. The van der Waals surface area contributed by atoms with Gasteiger partial charge in [0.2, 0.25) is 5.91 Å². The van der Waals surface area contributed by atoms with E-state index in [0.29, 0.717) is 27.9 Å². The van der Waals surface area contributed by atoms with Crippen LogP contribution in [0, 0.1) is 15.9 Å². The number of nitro groups is 1. The molecule has 1 saturated heterocycles. The lowest BCUT2D eigenvalue weighted by molar-refractivity contribution is -0.384. The van der Waals surface area contributed by atoms with Crippen molar-refractivity contribution in [1.82, 2.24) is 15.2 Å². The minimum atomic E-state index is -0.465. The van der Waals surface area contributed by atoms with Crippen molar-refractivity contribution in [2.45, 2.75) is 18.5 Å². The molecule has 1 amide bonds. The van der Waals surface area contributed by atoms with Crippen molar-refractivity contribution in [1.29, 1.82) is 0 Å². The van der Waals surface area contributed by atoms with Crippen molar-refractivity contribution in [3.63, 3.8) is 0 Å². The standard InChI is InChI=1S/C27H22FN5O4S/c28-17-8-10-18(11-9-17)30-24(34)14-16-32-26(25(31-27(32)38)20-6-3-4-15-29-20)23-13-12-22(37-23)19-5-1-2-7-21(19)33(35)36/h1-13,15,25-26H,14,16H2,(H,30,34)(H,31,38)/t25-,26-/m1/s1. The van der Waals surface area contributed by atoms with Crippen LogP contribution < -0.4 is 10.6 Å². The Morgan fingerprint density at radius 3 is 2.61 bits per heavy atom. The number of hydrogen-bond donors (Lipinski definition) is 2. The molecule has 9 nitrogen and oxygen atoms in total. The van der Waals surface area contributed by atoms with Crippen LogP contribution in [0.15, 0.2) is 89.5 Å². The van der Waals surface area contributed by atoms with Gasteiger partial charge in [-0.2, -0.15) is 0 Å². The summed E-state index contributed by atoms with van der Waals surface area (Å²) in [6, 6.07) is 20.0. The van der Waals surface area contributed by atoms with Gasteiger partial charge in [0.15, 0.2) is 5.11 Å². The molecule has 1 fully saturated rings. The van der Waals surface area contributed by atoms with Crippen LogP contribution in [0.1, 0.15) is 30.0 Å². The zero-order valence-corrected chi connectivity index (χ0v) is 20.7. The summed E-state index contributed by atoms with van der Waals surface area (Å²) in [5.74, 6) is 0.206. The fraction of sp³-hybridized carbons (Fsp3) is 0.148. The summed E-state index contributed by atoms with van der Waals surface area (Å²) in [4.78, 5) is 30.1. The highest BCUT2D eigenvalue weighted by atomic mass is 32.1. The van der Waals surface area contributed by atoms with Crippen LogP contribution in [0.3, 0.4) is 0 Å². The van der Waals surface area contributed by atoms with E-state index in [1.54, 1.807) is 36.5 Å². The maximum Gasteiger partial charge on any atom is 0.280 e. The first-order valence-corrected chi connectivity index (χ1v) is 12.2. The Bertz CT molecular complexity index is 1480. The largest absolute Gasteiger partial charge is 0.459 e. The van der Waals surface area contributed by atoms with Crippen LogP contribution in [-0.2, 0) is 4.79 Å². The quantitative estimate of drug-likeness (QED) is 0.177. The fourth-order valence-corrected chi connectivity index (χ4v) is 4.76. The van der Waals surface area contributed by atoms with E-state index < -0.39 is 16.8 Å². The van der Waals surface area contributed by atoms with Crippen molar-refractivity contribution in [2.24, 2.45) is 0 Å². The number of carbonyl (C=O) groups is 1. The van der Waals surface area contributed by atoms with Gasteiger partial charge < -0.3 is 20.0 Å². The van der Waals surface area contributed by atoms with Crippen molar-refractivity contribution in [2.75, 3.05) is 11.9 Å². The monoisotopic (exact) mass is 531 g/mol. The van der Waals surface area contributed by atoms with Gasteiger partial charge >= 0.3 is 0 Å². The lowest BCUT2D eigenvalue weighted by Gasteiger charge is -2.25. The van der Waals surface area contributed by atoms with Crippen LogP contribution in [0.2, 0.25) is 0 Å². The number of nitrogens with zero attached hydrogens (tertiary/aromatic N) is 3. The number of anilines is 1. The van der Waals surface area contributed by atoms with Gasteiger partial charge in [0.1, 0.15) is 23.4 Å². The molecule has 0 bridgehead atoms. The number of furan rings is 1. The Labute approximate surface area is 222 Å². The molecule has 2 atom stereocenters. The van der Waals surface area contributed by atoms with Crippen LogP contribution in [0.4, 0.5) is 15.8 Å². The highest BCUT2D eigenvalue weighted by molar-refractivity contribution is 7.80. The highest BCUT2D eigenvalue weighted by Crippen LogP contribution is 2.41. The van der Waals surface area contributed by atoms with Crippen LogP contribution >= 0.6 is 12.2 Å². The number of hydrogen-bond acceptors (Lipinski definition) is 6. The van der Waals surface area contributed by atoms with Gasteiger partial charge in [0.05, 0.1) is 22.2 Å². The SMILES string of the molecule is O=C(CCN1C(=S)N[C@H](c2ccccn2)[C@H]1c1ccc(-c2ccccc2[N+](=O)[O-])o1)Nc1ccc(F)cc1. The van der Waals surface area contributed by atoms with Crippen molar-refractivity contribution in [3.05, 3.63) is 112 Å². The molecule has 4 aromatic rings. The summed E-state index contributed by atoms with van der Waals surface area (Å²) in [5, 5.41) is 18.0. The Hall–Kier alpha value is -4.64. The smallest absolute Gasteiger partial charge is 0.280 e. The molecule has 2 aromatic heterocycles. The molecular weight excluding hydrogens is 509 g/mol. The van der Waals surface area contributed by atoms with E-state index in [1.165, 1.54) is 30.3 Å². The van der Waals surface area contributed by atoms with Crippen LogP contribution in [0.5, 0.6) is 0 Å². The number of nitrogens with one attached hydrogen (secondary N) is 2. The van der Waals surface area contributed by atoms with Gasteiger partial charge in [0.25, 0.3) is 5.69 Å². The molecule has 0 spiro atoms. The van der Waals surface area contributed by atoms with Gasteiger partial charge in [-0.15, -0.1) is 0 Å². The molecule has 1 aliphatic heterocycles. The van der Waals surface area contributed by atoms with E-state index in [4.69, 9.17) is 16.6 Å². The van der Waals surface area contributed by atoms with E-state index in [9.17, 15) is 19.3 Å². The first-order valence-electron chi connectivity index (χ1n) is 11.8. The number of carbonyl (C=O) groups excluding carboxylic acids is 1. The Morgan fingerprint density at radius 2 is 1.87 bits per heavy atom. The fourth-order valence-electron chi connectivity index (χ4n) is 4.43. The summed E-state index contributed by atoms with van der Waals surface area (Å²) in [6.45, 7) is 0.258. The highest BCUT2D eigenvalue weighted by Gasteiger charge is 2.41. The molecule has 11 heteroatoms. The van der Waals surface area contributed by atoms with E-state index in [-0.39, 0.29) is 30.6 Å². The Morgan fingerprint density at radius 1 is 1.11 bits per heavy atom. The summed E-state index contributed by atoms with van der Waals surface area (Å²) in [6.07, 6.45) is 1.78. The minimum Gasteiger partial charge on any atom is -0.459 e. The number of thiocarbonyl (C=S) groups is 1. The van der Waals surface area contributed by atoms with Gasteiger partial charge in [-0.05, 0) is 66.8 Å².